The molecule has 0 N–H and O–H groups in total. The van der Waals surface area contributed by atoms with Gasteiger partial charge in [0.25, 0.3) is 0 Å². The second-order valence-electron chi connectivity index (χ2n) is 9.52. The number of halogens is 2. The van der Waals surface area contributed by atoms with Crippen molar-refractivity contribution >= 4 is 55.3 Å². The van der Waals surface area contributed by atoms with Crippen molar-refractivity contribution in [3.05, 3.63) is 101 Å². The first kappa shape index (κ1) is 23.6. The van der Waals surface area contributed by atoms with E-state index in [1.165, 1.54) is 4.90 Å². The van der Waals surface area contributed by atoms with Gasteiger partial charge in [0.05, 0.1) is 38.3 Å². The summed E-state index contributed by atoms with van der Waals surface area (Å²) in [6.07, 6.45) is 1.74. The van der Waals surface area contributed by atoms with E-state index < -0.39 is 26.5 Å². The number of imide groups is 1. The van der Waals surface area contributed by atoms with E-state index in [2.05, 4.69) is 31.9 Å². The summed E-state index contributed by atoms with van der Waals surface area (Å²) in [4.78, 5) is 41.7. The molecule has 1 saturated heterocycles. The van der Waals surface area contributed by atoms with Crippen molar-refractivity contribution in [2.24, 2.45) is 11.8 Å². The summed E-state index contributed by atoms with van der Waals surface area (Å²) in [7, 11) is 0. The zero-order chi connectivity index (χ0) is 25.2. The lowest BCUT2D eigenvalue weighted by atomic mass is 9.54. The van der Waals surface area contributed by atoms with Gasteiger partial charge < -0.3 is 4.74 Å². The fraction of sp³-hybridized carbons (Fsp3) is 0.276. The summed E-state index contributed by atoms with van der Waals surface area (Å²) < 4.78 is 3.63. The van der Waals surface area contributed by atoms with Gasteiger partial charge in [-0.05, 0) is 52.9 Å². The van der Waals surface area contributed by atoms with Gasteiger partial charge in [-0.1, -0.05) is 93.7 Å². The number of nitrogens with zero attached hydrogens (tertiary/aromatic N) is 1. The highest BCUT2D eigenvalue weighted by Crippen LogP contribution is 2.70. The fourth-order valence-electron chi connectivity index (χ4n) is 6.06. The summed E-state index contributed by atoms with van der Waals surface area (Å²) in [6.45, 7) is 2.40. The molecule has 0 spiro atoms. The van der Waals surface area contributed by atoms with Crippen molar-refractivity contribution in [2.75, 3.05) is 11.5 Å². The predicted octanol–water partition coefficient (Wildman–Crippen LogP) is 6.05. The smallest absolute Gasteiger partial charge is 0.338 e. The van der Waals surface area contributed by atoms with Crippen molar-refractivity contribution in [3.8, 4) is 0 Å². The van der Waals surface area contributed by atoms with Gasteiger partial charge in [-0.2, -0.15) is 0 Å². The molecule has 5 nitrogen and oxygen atoms in total. The lowest BCUT2D eigenvalue weighted by Crippen LogP contribution is -2.56. The van der Waals surface area contributed by atoms with Gasteiger partial charge in [-0.15, -0.1) is 0 Å². The summed E-state index contributed by atoms with van der Waals surface area (Å²) in [5.74, 6) is -2.19. The Labute approximate surface area is 226 Å². The third kappa shape index (κ3) is 2.96. The number of ether oxygens (including phenoxy) is 1. The molecule has 182 valence electrons. The van der Waals surface area contributed by atoms with Gasteiger partial charge in [0.2, 0.25) is 11.8 Å². The van der Waals surface area contributed by atoms with Crippen LogP contribution in [0.2, 0.25) is 0 Å². The number of amides is 2. The summed E-state index contributed by atoms with van der Waals surface area (Å²) in [6, 6.07) is 22.5. The fourth-order valence-corrected chi connectivity index (χ4v) is 8.36. The Balaban J connectivity index is 1.43. The molecule has 1 fully saturated rings. The maximum atomic E-state index is 14.1. The highest BCUT2D eigenvalue weighted by atomic mass is 79.9. The number of rotatable bonds is 5. The normalized spacial score (nSPS) is 27.5. The van der Waals surface area contributed by atoms with Crippen LogP contribution in [-0.4, -0.2) is 24.4 Å². The Kier molecular flexibility index (Phi) is 5.50. The van der Waals surface area contributed by atoms with Crippen LogP contribution in [-0.2, 0) is 23.0 Å². The molecular formula is C29H23Br2NO4. The summed E-state index contributed by atoms with van der Waals surface area (Å²) in [5, 5.41) is 0. The molecule has 0 saturated carbocycles. The number of alkyl halides is 2. The minimum atomic E-state index is -0.828. The first-order valence-corrected chi connectivity index (χ1v) is 13.7. The van der Waals surface area contributed by atoms with Crippen LogP contribution in [0.4, 0.5) is 5.69 Å². The third-order valence-corrected chi connectivity index (χ3v) is 10.4. The van der Waals surface area contributed by atoms with Crippen LogP contribution >= 0.6 is 31.9 Å². The molecule has 2 bridgehead atoms. The van der Waals surface area contributed by atoms with E-state index in [9.17, 15) is 14.4 Å². The maximum absolute atomic E-state index is 14.1. The lowest BCUT2D eigenvalue weighted by molar-refractivity contribution is -0.122. The lowest BCUT2D eigenvalue weighted by Gasteiger charge is -2.55. The molecule has 7 rings (SSSR count). The topological polar surface area (TPSA) is 63.7 Å². The van der Waals surface area contributed by atoms with Gasteiger partial charge in [0, 0.05) is 0 Å². The second-order valence-corrected chi connectivity index (χ2v) is 12.0. The first-order valence-electron chi connectivity index (χ1n) is 12.1. The SMILES string of the molecule is CCCCOC(=O)c1ccc(N2C(=O)[C@H]3[C@H](C2=O)C2(Br)c4ccccc4C3(Br)c3ccccc32)cc1. The van der Waals surface area contributed by atoms with Crippen LogP contribution in [0.15, 0.2) is 72.8 Å². The highest BCUT2D eigenvalue weighted by molar-refractivity contribution is 9.10. The van der Waals surface area contributed by atoms with Gasteiger partial charge >= 0.3 is 5.97 Å². The molecule has 3 aromatic rings. The molecule has 3 aromatic carbocycles. The zero-order valence-electron chi connectivity index (χ0n) is 19.5. The van der Waals surface area contributed by atoms with E-state index in [0.717, 1.165) is 35.1 Å². The second kappa shape index (κ2) is 8.38. The molecule has 0 aromatic heterocycles. The van der Waals surface area contributed by atoms with Crippen LogP contribution in [0.3, 0.4) is 0 Å². The minimum Gasteiger partial charge on any atom is -0.462 e. The molecule has 36 heavy (non-hydrogen) atoms. The number of anilines is 1. The number of benzene rings is 3. The molecule has 1 heterocycles. The van der Waals surface area contributed by atoms with Gasteiger partial charge in [0.15, 0.2) is 0 Å². The van der Waals surface area contributed by atoms with E-state index in [-0.39, 0.29) is 11.8 Å². The van der Waals surface area contributed by atoms with E-state index in [1.54, 1.807) is 24.3 Å². The van der Waals surface area contributed by atoms with Gasteiger partial charge in [0.1, 0.15) is 0 Å². The van der Waals surface area contributed by atoms with Crippen LogP contribution in [0.5, 0.6) is 0 Å². The number of hydrogen-bond acceptors (Lipinski definition) is 4. The standard InChI is InChI=1S/C29H23Br2NO4/c1-2-3-16-36-27(35)17-12-14-18(15-13-17)32-25(33)23-24(26(32)34)29(31)20-9-5-4-8-19(20)28(23,30)21-10-6-7-11-22(21)29/h4-15,23-24H,2-3,16H2,1H3/t23-,24-,28?,29?/m1/s1. The zero-order valence-corrected chi connectivity index (χ0v) is 22.7. The van der Waals surface area contributed by atoms with E-state index in [1.807, 2.05) is 55.5 Å². The largest absolute Gasteiger partial charge is 0.462 e. The van der Waals surface area contributed by atoms with Crippen molar-refractivity contribution < 1.29 is 19.1 Å². The summed E-state index contributed by atoms with van der Waals surface area (Å²) >= 11 is 8.02. The Hall–Kier alpha value is -2.77. The van der Waals surface area contributed by atoms with Crippen LogP contribution < -0.4 is 4.90 Å². The van der Waals surface area contributed by atoms with Crippen LogP contribution in [0.25, 0.3) is 0 Å². The molecule has 4 aliphatic rings. The average Bonchev–Trinajstić information content (AvgIpc) is 3.18. The average molecular weight is 609 g/mol. The van der Waals surface area contributed by atoms with Crippen molar-refractivity contribution in [3.63, 3.8) is 0 Å². The van der Waals surface area contributed by atoms with E-state index in [4.69, 9.17) is 4.74 Å². The molecule has 2 amide bonds. The number of unbranched alkanes of at least 4 members (excludes halogenated alkanes) is 1. The quantitative estimate of drug-likeness (QED) is 0.153. The molecule has 2 atom stereocenters. The van der Waals surface area contributed by atoms with Crippen LogP contribution in [0.1, 0.15) is 52.4 Å². The minimum absolute atomic E-state index is 0.257. The highest BCUT2D eigenvalue weighted by Gasteiger charge is 2.72. The Morgan fingerprint density at radius 1 is 0.806 bits per heavy atom. The van der Waals surface area contributed by atoms with Crippen molar-refractivity contribution in [1.82, 2.24) is 0 Å². The van der Waals surface area contributed by atoms with E-state index in [0.29, 0.717) is 17.9 Å². The first-order chi connectivity index (χ1) is 17.3. The van der Waals surface area contributed by atoms with Crippen LogP contribution in [0, 0.1) is 11.8 Å². The number of carbonyl (C=O) groups excluding carboxylic acids is 3. The Morgan fingerprint density at radius 2 is 1.25 bits per heavy atom. The predicted molar refractivity (Wildman–Crippen MR) is 143 cm³/mol. The molecule has 1 aliphatic heterocycles. The third-order valence-electron chi connectivity index (χ3n) is 7.68. The van der Waals surface area contributed by atoms with Crippen molar-refractivity contribution in [1.29, 1.82) is 0 Å². The molecule has 0 radical (unpaired) electrons. The number of esters is 1. The van der Waals surface area contributed by atoms with E-state index >= 15 is 0 Å². The molecule has 7 heteroatoms. The number of hydrogen-bond donors (Lipinski definition) is 0. The molecular weight excluding hydrogens is 586 g/mol. The Bertz CT molecular complexity index is 1300. The monoisotopic (exact) mass is 607 g/mol. The molecule has 0 unspecified atom stereocenters. The van der Waals surface area contributed by atoms with Crippen molar-refractivity contribution in [2.45, 2.75) is 28.4 Å². The summed E-state index contributed by atoms with van der Waals surface area (Å²) in [5.41, 5.74) is 4.82. The number of carbonyl (C=O) groups is 3. The van der Waals surface area contributed by atoms with Gasteiger partial charge in [-0.3, -0.25) is 9.59 Å². The molecule has 3 aliphatic carbocycles. The van der Waals surface area contributed by atoms with Gasteiger partial charge in [-0.25, -0.2) is 9.69 Å². The Morgan fingerprint density at radius 3 is 1.67 bits per heavy atom. The maximum Gasteiger partial charge on any atom is 0.338 e.